The van der Waals surface area contributed by atoms with Crippen molar-refractivity contribution in [2.45, 2.75) is 36.8 Å². The van der Waals surface area contributed by atoms with E-state index in [9.17, 15) is 25.5 Å². The summed E-state index contributed by atoms with van der Waals surface area (Å²) in [5.74, 6) is -0.394. The van der Waals surface area contributed by atoms with Crippen LogP contribution in [0.5, 0.6) is 11.5 Å². The molecule has 1 heterocycles. The number of phenols is 1. The van der Waals surface area contributed by atoms with Gasteiger partial charge in [-0.1, -0.05) is 6.07 Å². The Morgan fingerprint density at radius 2 is 1.87 bits per heavy atom. The van der Waals surface area contributed by atoms with Gasteiger partial charge < -0.3 is 45.8 Å². The molecule has 9 nitrogen and oxygen atoms in total. The Labute approximate surface area is 132 Å². The highest BCUT2D eigenvalue weighted by Gasteiger charge is 2.44. The number of ether oxygens (including phenoxy) is 2. The van der Waals surface area contributed by atoms with E-state index in [0.717, 1.165) is 0 Å². The quantitative estimate of drug-likeness (QED) is 0.310. The zero-order valence-corrected chi connectivity index (χ0v) is 12.2. The molecule has 1 aliphatic heterocycles. The third-order valence-electron chi connectivity index (χ3n) is 3.68. The summed E-state index contributed by atoms with van der Waals surface area (Å²) in [4.78, 5) is 0. The number of benzene rings is 1. The number of aromatic hydroxyl groups is 1. The maximum absolute atomic E-state index is 9.91. The monoisotopic (exact) mass is 331 g/mol. The standard InChI is InChI=1S/C14H21NO8/c15-4-8(18)6-1-2-7(17)9(3-6)22-14-13(21)12(20)11(19)10(5-16)23-14/h1-3,8,10-14,16-21H,4-5,15H2/t8?,10-,11-,12+,13-,14+/m1/s1. The number of rotatable bonds is 5. The van der Waals surface area contributed by atoms with E-state index in [1.807, 2.05) is 0 Å². The summed E-state index contributed by atoms with van der Waals surface area (Å²) >= 11 is 0. The lowest BCUT2D eigenvalue weighted by Gasteiger charge is -2.39. The molecule has 1 saturated heterocycles. The third kappa shape index (κ3) is 3.72. The van der Waals surface area contributed by atoms with E-state index in [-0.39, 0.29) is 18.0 Å². The Balaban J connectivity index is 2.20. The molecule has 6 atom stereocenters. The van der Waals surface area contributed by atoms with Gasteiger partial charge in [-0.05, 0) is 17.7 Å². The van der Waals surface area contributed by atoms with Gasteiger partial charge in [0.05, 0.1) is 12.7 Å². The molecular formula is C14H21NO8. The second kappa shape index (κ2) is 7.41. The van der Waals surface area contributed by atoms with Crippen LogP contribution in [0.4, 0.5) is 0 Å². The average molecular weight is 331 g/mol. The summed E-state index contributed by atoms with van der Waals surface area (Å²) in [6.45, 7) is -0.632. The molecular weight excluding hydrogens is 310 g/mol. The molecule has 130 valence electrons. The van der Waals surface area contributed by atoms with Gasteiger partial charge >= 0.3 is 0 Å². The molecule has 1 fully saturated rings. The van der Waals surface area contributed by atoms with E-state index in [4.69, 9.17) is 20.3 Å². The first-order valence-electron chi connectivity index (χ1n) is 7.07. The van der Waals surface area contributed by atoms with E-state index in [0.29, 0.717) is 5.56 Å². The highest BCUT2D eigenvalue weighted by molar-refractivity contribution is 5.42. The van der Waals surface area contributed by atoms with Gasteiger partial charge in [0.1, 0.15) is 24.4 Å². The van der Waals surface area contributed by atoms with Crippen molar-refractivity contribution in [2.75, 3.05) is 13.2 Å². The Morgan fingerprint density at radius 1 is 1.17 bits per heavy atom. The molecule has 0 spiro atoms. The summed E-state index contributed by atoms with van der Waals surface area (Å²) < 4.78 is 10.5. The Kier molecular flexibility index (Phi) is 5.76. The first kappa shape index (κ1) is 17.9. The van der Waals surface area contributed by atoms with E-state index in [1.165, 1.54) is 18.2 Å². The van der Waals surface area contributed by atoms with Crippen LogP contribution in [0.15, 0.2) is 18.2 Å². The molecule has 0 radical (unpaired) electrons. The molecule has 0 saturated carbocycles. The molecule has 23 heavy (non-hydrogen) atoms. The van der Waals surface area contributed by atoms with Crippen LogP contribution in [0.1, 0.15) is 11.7 Å². The minimum atomic E-state index is -1.60. The van der Waals surface area contributed by atoms with Gasteiger partial charge in [0, 0.05) is 6.54 Å². The molecule has 0 aliphatic carbocycles. The SMILES string of the molecule is NCC(O)c1ccc(O)c(O[C@H]2O[C@H](CO)[C@@H](O)[C@H](O)[C@H]2O)c1. The highest BCUT2D eigenvalue weighted by atomic mass is 16.7. The normalized spacial score (nSPS) is 32.5. The summed E-state index contributed by atoms with van der Waals surface area (Å²) in [5.41, 5.74) is 5.74. The van der Waals surface area contributed by atoms with Gasteiger partial charge in [-0.15, -0.1) is 0 Å². The van der Waals surface area contributed by atoms with Crippen LogP contribution < -0.4 is 10.5 Å². The molecule has 0 bridgehead atoms. The number of phenolic OH excluding ortho intramolecular Hbond substituents is 1. The fourth-order valence-electron chi connectivity index (χ4n) is 2.26. The minimum absolute atomic E-state index is 0.0374. The minimum Gasteiger partial charge on any atom is -0.504 e. The van der Waals surface area contributed by atoms with Crippen LogP contribution in [-0.4, -0.2) is 74.5 Å². The van der Waals surface area contributed by atoms with Crippen LogP contribution in [-0.2, 0) is 4.74 Å². The van der Waals surface area contributed by atoms with Crippen LogP contribution in [0.2, 0.25) is 0 Å². The lowest BCUT2D eigenvalue weighted by molar-refractivity contribution is -0.277. The number of hydrogen-bond donors (Lipinski definition) is 7. The Bertz CT molecular complexity index is 525. The van der Waals surface area contributed by atoms with Crippen molar-refractivity contribution in [3.05, 3.63) is 23.8 Å². The zero-order chi connectivity index (χ0) is 17.1. The summed E-state index contributed by atoms with van der Waals surface area (Å²) in [6, 6.07) is 4.04. The second-order valence-corrected chi connectivity index (χ2v) is 5.29. The van der Waals surface area contributed by atoms with Crippen molar-refractivity contribution < 1.29 is 40.1 Å². The van der Waals surface area contributed by atoms with Crippen LogP contribution >= 0.6 is 0 Å². The Hall–Kier alpha value is -1.46. The first-order chi connectivity index (χ1) is 10.9. The average Bonchev–Trinajstić information content (AvgIpc) is 2.56. The molecule has 1 unspecified atom stereocenters. The summed E-state index contributed by atoms with van der Waals surface area (Å²) in [7, 11) is 0. The predicted octanol–water partition coefficient (Wildman–Crippen LogP) is -2.44. The van der Waals surface area contributed by atoms with Gasteiger partial charge in [0.25, 0.3) is 0 Å². The van der Waals surface area contributed by atoms with Crippen LogP contribution in [0.3, 0.4) is 0 Å². The molecule has 1 aromatic carbocycles. The van der Waals surface area contributed by atoms with Gasteiger partial charge in [-0.3, -0.25) is 0 Å². The lowest BCUT2D eigenvalue weighted by atomic mass is 9.99. The van der Waals surface area contributed by atoms with Crippen molar-refractivity contribution in [1.82, 2.24) is 0 Å². The van der Waals surface area contributed by atoms with Crippen molar-refractivity contribution in [3.8, 4) is 11.5 Å². The first-order valence-corrected chi connectivity index (χ1v) is 7.07. The van der Waals surface area contributed by atoms with E-state index >= 15 is 0 Å². The number of aliphatic hydroxyl groups excluding tert-OH is 5. The van der Waals surface area contributed by atoms with E-state index in [2.05, 4.69) is 0 Å². The summed E-state index contributed by atoms with van der Waals surface area (Å²) in [6.07, 6.45) is -8.22. The zero-order valence-electron chi connectivity index (χ0n) is 12.2. The Morgan fingerprint density at radius 3 is 2.48 bits per heavy atom. The van der Waals surface area contributed by atoms with Crippen LogP contribution in [0, 0.1) is 0 Å². The molecule has 0 amide bonds. The van der Waals surface area contributed by atoms with Gasteiger partial charge in [-0.25, -0.2) is 0 Å². The third-order valence-corrected chi connectivity index (χ3v) is 3.68. The van der Waals surface area contributed by atoms with Crippen molar-refractivity contribution in [1.29, 1.82) is 0 Å². The molecule has 8 N–H and O–H groups in total. The largest absolute Gasteiger partial charge is 0.504 e. The lowest BCUT2D eigenvalue weighted by Crippen LogP contribution is -2.60. The second-order valence-electron chi connectivity index (χ2n) is 5.29. The molecule has 0 aromatic heterocycles. The van der Waals surface area contributed by atoms with Gasteiger partial charge in [-0.2, -0.15) is 0 Å². The fraction of sp³-hybridized carbons (Fsp3) is 0.571. The van der Waals surface area contributed by atoms with Gasteiger partial charge in [0.15, 0.2) is 11.5 Å². The topological polar surface area (TPSA) is 166 Å². The number of aliphatic hydroxyl groups is 5. The van der Waals surface area contributed by atoms with Crippen molar-refractivity contribution in [3.63, 3.8) is 0 Å². The van der Waals surface area contributed by atoms with E-state index < -0.39 is 43.4 Å². The summed E-state index contributed by atoms with van der Waals surface area (Å²) in [5, 5.41) is 58.0. The highest BCUT2D eigenvalue weighted by Crippen LogP contribution is 2.32. The fourth-order valence-corrected chi connectivity index (χ4v) is 2.26. The molecule has 1 aliphatic rings. The number of hydrogen-bond acceptors (Lipinski definition) is 9. The smallest absolute Gasteiger partial charge is 0.229 e. The van der Waals surface area contributed by atoms with Crippen molar-refractivity contribution >= 4 is 0 Å². The molecule has 2 rings (SSSR count). The van der Waals surface area contributed by atoms with Crippen LogP contribution in [0.25, 0.3) is 0 Å². The maximum atomic E-state index is 9.91. The predicted molar refractivity (Wildman–Crippen MR) is 76.5 cm³/mol. The maximum Gasteiger partial charge on any atom is 0.229 e. The van der Waals surface area contributed by atoms with Crippen molar-refractivity contribution in [2.24, 2.45) is 5.73 Å². The molecule has 9 heteroatoms. The van der Waals surface area contributed by atoms with Gasteiger partial charge in [0.2, 0.25) is 6.29 Å². The molecule has 1 aromatic rings. The number of nitrogens with two attached hydrogens (primary N) is 1. The van der Waals surface area contributed by atoms with E-state index in [1.54, 1.807) is 0 Å².